The van der Waals surface area contributed by atoms with Gasteiger partial charge in [-0.3, -0.25) is 9.59 Å². The number of alkyl halides is 3. The molecule has 0 unspecified atom stereocenters. The van der Waals surface area contributed by atoms with Gasteiger partial charge in [-0.1, -0.05) is 30.4 Å². The Morgan fingerprint density at radius 2 is 1.93 bits per heavy atom. The summed E-state index contributed by atoms with van der Waals surface area (Å²) in [6.45, 7) is -0.905. The molecule has 0 bridgehead atoms. The zero-order valence-corrected chi connectivity index (χ0v) is 23.4. The summed E-state index contributed by atoms with van der Waals surface area (Å²) in [7, 11) is 0. The lowest BCUT2D eigenvalue weighted by Gasteiger charge is -2.19. The molecule has 0 spiro atoms. The van der Waals surface area contributed by atoms with Crippen molar-refractivity contribution < 1.29 is 57.5 Å². The van der Waals surface area contributed by atoms with Gasteiger partial charge in [-0.05, 0) is 43.4 Å². The first-order chi connectivity index (χ1) is 20.4. The van der Waals surface area contributed by atoms with Gasteiger partial charge in [0, 0.05) is 25.2 Å². The number of halogens is 3. The molecule has 1 aromatic rings. The molecule has 5 atom stereocenters. The molecule has 12 nitrogen and oxygen atoms in total. The molecule has 2 rings (SSSR count). The SMILES string of the molecule is O=C(CCC/C=C\C[C@@H]1[C@@H](/C=C/[C@@H](O)COc2cccc(C(F)(F)F)c2)[C@H](O)C[C@@H]1O)NCC(=O)OCCCO[N+](=O)[O-]. The van der Waals surface area contributed by atoms with E-state index in [0.717, 1.165) is 12.1 Å². The normalized spacial score (nSPS) is 21.2. The Kier molecular flexibility index (Phi) is 14.9. The number of aliphatic hydroxyl groups is 3. The predicted molar refractivity (Wildman–Crippen MR) is 145 cm³/mol. The molecule has 43 heavy (non-hydrogen) atoms. The molecule has 1 amide bonds. The summed E-state index contributed by atoms with van der Waals surface area (Å²) in [6, 6.07) is 4.30. The maximum atomic E-state index is 12.9. The summed E-state index contributed by atoms with van der Waals surface area (Å²) in [5, 5.41) is 42.5. The van der Waals surface area contributed by atoms with Crippen molar-refractivity contribution in [1.29, 1.82) is 0 Å². The van der Waals surface area contributed by atoms with Crippen LogP contribution < -0.4 is 10.1 Å². The van der Waals surface area contributed by atoms with E-state index < -0.39 is 47.0 Å². The Balaban J connectivity index is 1.68. The van der Waals surface area contributed by atoms with Crippen LogP contribution in [0.3, 0.4) is 0 Å². The summed E-state index contributed by atoms with van der Waals surface area (Å²) >= 11 is 0. The van der Waals surface area contributed by atoms with Crippen LogP contribution in [0.2, 0.25) is 0 Å². The number of nitrogens with one attached hydrogen (secondary N) is 1. The molecule has 15 heteroatoms. The summed E-state index contributed by atoms with van der Waals surface area (Å²) in [5.74, 6) is -1.87. The molecule has 0 heterocycles. The predicted octanol–water partition coefficient (Wildman–Crippen LogP) is 2.73. The van der Waals surface area contributed by atoms with Crippen molar-refractivity contribution in [2.75, 3.05) is 26.4 Å². The van der Waals surface area contributed by atoms with Crippen LogP contribution in [-0.4, -0.2) is 77.0 Å². The first kappa shape index (κ1) is 35.5. The molecular formula is C28H37F3N2O10. The third kappa shape index (κ3) is 13.9. The van der Waals surface area contributed by atoms with E-state index in [4.69, 9.17) is 9.47 Å². The van der Waals surface area contributed by atoms with Gasteiger partial charge in [-0.15, -0.1) is 10.1 Å². The van der Waals surface area contributed by atoms with Gasteiger partial charge in [0.15, 0.2) is 0 Å². The standard InChI is InChI=1S/C28H37F3N2O10/c29-28(30,31)19-7-5-8-21(15-19)42-18-20(34)11-12-23-22(24(35)16-25(23)36)9-3-1-2-4-10-26(37)32-17-27(38)41-13-6-14-43-33(39)40/h1,3,5,7-8,11-12,15,20,22-25,34-36H,2,4,6,9-10,13-14,16-18H2,(H,32,37)/b3-1-,12-11+/t20-,22-,23-,24+,25-/m1/s1. The van der Waals surface area contributed by atoms with E-state index in [1.54, 1.807) is 6.08 Å². The Bertz CT molecular complexity index is 1100. The largest absolute Gasteiger partial charge is 0.491 e. The van der Waals surface area contributed by atoms with Crippen LogP contribution in [0.5, 0.6) is 5.75 Å². The molecule has 1 aromatic carbocycles. The lowest BCUT2D eigenvalue weighted by Crippen LogP contribution is -2.30. The highest BCUT2D eigenvalue weighted by atomic mass is 19.4. The Morgan fingerprint density at radius 3 is 2.65 bits per heavy atom. The van der Waals surface area contributed by atoms with Crippen LogP contribution in [0, 0.1) is 22.0 Å². The topological polar surface area (TPSA) is 178 Å². The monoisotopic (exact) mass is 618 g/mol. The van der Waals surface area contributed by atoms with Gasteiger partial charge in [-0.2, -0.15) is 13.2 Å². The van der Waals surface area contributed by atoms with E-state index in [-0.39, 0.29) is 63.2 Å². The van der Waals surface area contributed by atoms with Crippen LogP contribution in [-0.2, 0) is 25.3 Å². The highest BCUT2D eigenvalue weighted by Gasteiger charge is 2.39. The number of nitrogens with zero attached hydrogens (tertiary/aromatic N) is 1. The Labute approximate surface area is 246 Å². The number of carbonyl (C=O) groups is 2. The van der Waals surface area contributed by atoms with E-state index in [1.807, 2.05) is 12.2 Å². The highest BCUT2D eigenvalue weighted by Crippen LogP contribution is 2.36. The second-order valence-electron chi connectivity index (χ2n) is 9.91. The number of aliphatic hydroxyl groups excluding tert-OH is 3. The van der Waals surface area contributed by atoms with Gasteiger partial charge in [0.1, 0.15) is 25.0 Å². The van der Waals surface area contributed by atoms with Crippen LogP contribution in [0.4, 0.5) is 13.2 Å². The molecule has 0 radical (unpaired) electrons. The summed E-state index contributed by atoms with van der Waals surface area (Å²) in [4.78, 5) is 37.5. The fourth-order valence-corrected chi connectivity index (χ4v) is 4.41. The number of hydrogen-bond acceptors (Lipinski definition) is 10. The van der Waals surface area contributed by atoms with Crippen molar-refractivity contribution >= 4 is 11.9 Å². The minimum absolute atomic E-state index is 0.0445. The summed E-state index contributed by atoms with van der Waals surface area (Å²) in [6.07, 6.45) is 1.26. The zero-order valence-electron chi connectivity index (χ0n) is 23.4. The molecule has 1 saturated carbocycles. The van der Waals surface area contributed by atoms with Crippen LogP contribution in [0.25, 0.3) is 0 Å². The van der Waals surface area contributed by atoms with E-state index >= 15 is 0 Å². The molecule has 240 valence electrons. The first-order valence-electron chi connectivity index (χ1n) is 13.7. The summed E-state index contributed by atoms with van der Waals surface area (Å²) < 4.78 is 48.6. The van der Waals surface area contributed by atoms with Crippen molar-refractivity contribution in [3.8, 4) is 5.75 Å². The lowest BCUT2D eigenvalue weighted by atomic mass is 9.89. The van der Waals surface area contributed by atoms with E-state index in [9.17, 15) is 48.2 Å². The number of benzene rings is 1. The number of unbranched alkanes of at least 4 members (excludes halogenated alkanes) is 1. The molecule has 1 fully saturated rings. The smallest absolute Gasteiger partial charge is 0.416 e. The van der Waals surface area contributed by atoms with Gasteiger partial charge in [0.25, 0.3) is 5.09 Å². The average molecular weight is 619 g/mol. The van der Waals surface area contributed by atoms with Gasteiger partial charge in [0.05, 0.1) is 31.0 Å². The highest BCUT2D eigenvalue weighted by molar-refractivity contribution is 5.81. The van der Waals surface area contributed by atoms with Crippen molar-refractivity contribution in [2.24, 2.45) is 11.8 Å². The van der Waals surface area contributed by atoms with Crippen LogP contribution >= 0.6 is 0 Å². The minimum Gasteiger partial charge on any atom is -0.491 e. The Hall–Kier alpha value is -3.69. The maximum Gasteiger partial charge on any atom is 0.416 e. The van der Waals surface area contributed by atoms with Gasteiger partial charge < -0.3 is 34.9 Å². The molecular weight excluding hydrogens is 581 g/mol. The molecule has 1 aliphatic carbocycles. The number of ether oxygens (including phenoxy) is 2. The molecule has 0 saturated heterocycles. The van der Waals surface area contributed by atoms with Crippen molar-refractivity contribution in [3.63, 3.8) is 0 Å². The third-order valence-corrected chi connectivity index (χ3v) is 6.58. The fraction of sp³-hybridized carbons (Fsp3) is 0.571. The quantitative estimate of drug-likeness (QED) is 0.0629. The molecule has 0 aromatic heterocycles. The first-order valence-corrected chi connectivity index (χ1v) is 13.7. The van der Waals surface area contributed by atoms with Crippen molar-refractivity contribution in [1.82, 2.24) is 5.32 Å². The van der Waals surface area contributed by atoms with Crippen LogP contribution in [0.15, 0.2) is 48.6 Å². The molecule has 0 aliphatic heterocycles. The number of hydrogen-bond donors (Lipinski definition) is 4. The van der Waals surface area contributed by atoms with Crippen molar-refractivity contribution in [3.05, 3.63) is 64.2 Å². The van der Waals surface area contributed by atoms with Crippen molar-refractivity contribution in [2.45, 2.75) is 63.0 Å². The number of esters is 1. The summed E-state index contributed by atoms with van der Waals surface area (Å²) in [5.41, 5.74) is -0.868. The van der Waals surface area contributed by atoms with Crippen LogP contribution in [0.1, 0.15) is 44.1 Å². The van der Waals surface area contributed by atoms with E-state index in [2.05, 4.69) is 10.2 Å². The number of amides is 1. The van der Waals surface area contributed by atoms with Gasteiger partial charge in [0.2, 0.25) is 5.91 Å². The van der Waals surface area contributed by atoms with E-state index in [0.29, 0.717) is 19.3 Å². The fourth-order valence-electron chi connectivity index (χ4n) is 4.41. The molecule has 4 N–H and O–H groups in total. The lowest BCUT2D eigenvalue weighted by molar-refractivity contribution is -0.757. The zero-order chi connectivity index (χ0) is 31.8. The average Bonchev–Trinajstić information content (AvgIpc) is 3.22. The number of rotatable bonds is 18. The van der Waals surface area contributed by atoms with Gasteiger partial charge in [-0.25, -0.2) is 0 Å². The molecule has 1 aliphatic rings. The van der Waals surface area contributed by atoms with E-state index in [1.165, 1.54) is 18.2 Å². The van der Waals surface area contributed by atoms with Gasteiger partial charge >= 0.3 is 12.1 Å². The number of carbonyl (C=O) groups excluding carboxylic acids is 2. The second-order valence-corrected chi connectivity index (χ2v) is 9.91. The second kappa shape index (κ2) is 18.1. The number of allylic oxidation sites excluding steroid dienone is 2. The minimum atomic E-state index is -4.52. The third-order valence-electron chi connectivity index (χ3n) is 6.58. The Morgan fingerprint density at radius 1 is 1.16 bits per heavy atom. The maximum absolute atomic E-state index is 12.9.